The Kier molecular flexibility index (Phi) is 5.51. The van der Waals surface area contributed by atoms with Crippen LogP contribution in [0, 0.1) is 11.3 Å². The third kappa shape index (κ3) is 3.48. The summed E-state index contributed by atoms with van der Waals surface area (Å²) in [5, 5.41) is 17.6. The molecular weight excluding hydrogens is 278 g/mol. The predicted octanol–water partition coefficient (Wildman–Crippen LogP) is 0.922. The van der Waals surface area contributed by atoms with E-state index in [0.29, 0.717) is 12.0 Å². The zero-order chi connectivity index (χ0) is 15.3. The average Bonchev–Trinajstić information content (AvgIpc) is 2.37. The smallest absolute Gasteiger partial charge is 0.245 e. The monoisotopic (exact) mass is 297 g/mol. The molecule has 0 bridgehead atoms. The van der Waals surface area contributed by atoms with Crippen LogP contribution in [-0.4, -0.2) is 37.0 Å². The van der Waals surface area contributed by atoms with Gasteiger partial charge in [-0.15, -0.1) is 0 Å². The first kappa shape index (κ1) is 16.4. The van der Waals surface area contributed by atoms with Gasteiger partial charge in [-0.3, -0.25) is 0 Å². The van der Waals surface area contributed by atoms with Crippen LogP contribution in [0.5, 0.6) is 0 Å². The third-order valence-corrected chi connectivity index (χ3v) is 4.99. The van der Waals surface area contributed by atoms with E-state index in [4.69, 9.17) is 16.1 Å². The van der Waals surface area contributed by atoms with Crippen molar-refractivity contribution in [1.82, 2.24) is 4.31 Å². The van der Waals surface area contributed by atoms with Gasteiger partial charge in [-0.05, 0) is 38.5 Å². The summed E-state index contributed by atoms with van der Waals surface area (Å²) < 4.78 is 26.5. The number of nitrogens with zero attached hydrogens (tertiary/aromatic N) is 2. The molecule has 0 amide bonds. The number of benzene rings is 1. The van der Waals surface area contributed by atoms with E-state index in [9.17, 15) is 8.42 Å². The predicted molar refractivity (Wildman–Crippen MR) is 76.3 cm³/mol. The lowest BCUT2D eigenvalue weighted by Gasteiger charge is -2.26. The zero-order valence-corrected chi connectivity index (χ0v) is 12.4. The van der Waals surface area contributed by atoms with E-state index >= 15 is 0 Å². The van der Waals surface area contributed by atoms with Crippen LogP contribution in [0.2, 0.25) is 0 Å². The minimum absolute atomic E-state index is 0.0110. The fourth-order valence-electron chi connectivity index (χ4n) is 1.86. The lowest BCUT2D eigenvalue weighted by atomic mass is 10.2. The number of sulfonamides is 1. The van der Waals surface area contributed by atoms with Crippen molar-refractivity contribution < 1.29 is 13.5 Å². The normalized spacial score (nSPS) is 11.8. The molecule has 0 atom stereocenters. The van der Waals surface area contributed by atoms with E-state index in [0.717, 1.165) is 0 Å². The molecule has 0 aromatic heterocycles. The SMILES string of the molecule is CC(C)N(CCCO)S(=O)(=O)c1ccc(C#N)cc1N. The third-order valence-electron chi connectivity index (χ3n) is 2.84. The van der Waals surface area contributed by atoms with Crippen LogP contribution in [0.25, 0.3) is 0 Å². The highest BCUT2D eigenvalue weighted by Crippen LogP contribution is 2.25. The molecule has 1 aromatic carbocycles. The minimum atomic E-state index is -3.74. The van der Waals surface area contributed by atoms with Crippen molar-refractivity contribution in [2.75, 3.05) is 18.9 Å². The molecule has 0 unspecified atom stereocenters. The van der Waals surface area contributed by atoms with Gasteiger partial charge in [0.15, 0.2) is 0 Å². The zero-order valence-electron chi connectivity index (χ0n) is 11.6. The van der Waals surface area contributed by atoms with Crippen molar-refractivity contribution in [1.29, 1.82) is 5.26 Å². The summed E-state index contributed by atoms with van der Waals surface area (Å²) in [4.78, 5) is -0.0110. The molecule has 6 nitrogen and oxygen atoms in total. The van der Waals surface area contributed by atoms with E-state index in [1.54, 1.807) is 13.8 Å². The number of aliphatic hydroxyl groups excluding tert-OH is 1. The first-order valence-electron chi connectivity index (χ1n) is 6.27. The molecule has 0 spiro atoms. The summed E-state index contributed by atoms with van der Waals surface area (Å²) in [7, 11) is -3.74. The van der Waals surface area contributed by atoms with Crippen LogP contribution in [0.4, 0.5) is 5.69 Å². The van der Waals surface area contributed by atoms with Gasteiger partial charge in [0.25, 0.3) is 0 Å². The Labute approximate surface area is 119 Å². The van der Waals surface area contributed by atoms with Gasteiger partial charge in [0.05, 0.1) is 17.3 Å². The molecule has 0 heterocycles. The second kappa shape index (κ2) is 6.70. The molecule has 0 fully saturated rings. The Morgan fingerprint density at radius 2 is 2.10 bits per heavy atom. The number of hydrogen-bond donors (Lipinski definition) is 2. The van der Waals surface area contributed by atoms with Crippen molar-refractivity contribution in [3.63, 3.8) is 0 Å². The Morgan fingerprint density at radius 1 is 1.45 bits per heavy atom. The summed E-state index contributed by atoms with van der Waals surface area (Å²) in [6.07, 6.45) is 0.355. The Morgan fingerprint density at radius 3 is 2.55 bits per heavy atom. The molecule has 0 aliphatic carbocycles. The molecule has 0 aliphatic heterocycles. The molecule has 3 N–H and O–H groups in total. The summed E-state index contributed by atoms with van der Waals surface area (Å²) in [5.41, 5.74) is 6.11. The summed E-state index contributed by atoms with van der Waals surface area (Å²) in [5.74, 6) is 0. The lowest BCUT2D eigenvalue weighted by Crippen LogP contribution is -2.38. The lowest BCUT2D eigenvalue weighted by molar-refractivity contribution is 0.258. The Bertz CT molecular complexity index is 606. The van der Waals surface area contributed by atoms with Gasteiger partial charge in [-0.2, -0.15) is 9.57 Å². The Hall–Kier alpha value is -1.62. The second-order valence-corrected chi connectivity index (χ2v) is 6.51. The largest absolute Gasteiger partial charge is 0.398 e. The molecule has 110 valence electrons. The van der Waals surface area contributed by atoms with E-state index < -0.39 is 10.0 Å². The number of anilines is 1. The van der Waals surface area contributed by atoms with Crippen LogP contribution in [0.3, 0.4) is 0 Å². The summed E-state index contributed by atoms with van der Waals surface area (Å²) >= 11 is 0. The topological polar surface area (TPSA) is 107 Å². The number of nitrogen functional groups attached to an aromatic ring is 1. The first-order valence-corrected chi connectivity index (χ1v) is 7.71. The van der Waals surface area contributed by atoms with Gasteiger partial charge in [0.2, 0.25) is 10.0 Å². The van der Waals surface area contributed by atoms with Crippen LogP contribution in [-0.2, 0) is 10.0 Å². The van der Waals surface area contributed by atoms with Gasteiger partial charge in [0, 0.05) is 19.2 Å². The number of rotatable bonds is 6. The quantitative estimate of drug-likeness (QED) is 0.759. The van der Waals surface area contributed by atoms with Crippen molar-refractivity contribution in [2.45, 2.75) is 31.2 Å². The van der Waals surface area contributed by atoms with E-state index in [2.05, 4.69) is 0 Å². The van der Waals surface area contributed by atoms with Crippen molar-refractivity contribution in [2.24, 2.45) is 0 Å². The van der Waals surface area contributed by atoms with E-state index in [-0.39, 0.29) is 29.8 Å². The molecule has 0 saturated carbocycles. The van der Waals surface area contributed by atoms with Gasteiger partial charge >= 0.3 is 0 Å². The molecule has 7 heteroatoms. The maximum atomic E-state index is 12.6. The van der Waals surface area contributed by atoms with Gasteiger partial charge in [0.1, 0.15) is 4.90 Å². The average molecular weight is 297 g/mol. The van der Waals surface area contributed by atoms with Crippen LogP contribution < -0.4 is 5.73 Å². The molecule has 1 rings (SSSR count). The van der Waals surface area contributed by atoms with Crippen LogP contribution in [0.15, 0.2) is 23.1 Å². The van der Waals surface area contributed by atoms with Crippen molar-refractivity contribution in [3.8, 4) is 6.07 Å². The Balaban J connectivity index is 3.23. The van der Waals surface area contributed by atoms with Gasteiger partial charge in [-0.1, -0.05) is 0 Å². The van der Waals surface area contributed by atoms with Crippen LogP contribution >= 0.6 is 0 Å². The maximum absolute atomic E-state index is 12.6. The summed E-state index contributed by atoms with van der Waals surface area (Å²) in [6, 6.07) is 5.78. The minimum Gasteiger partial charge on any atom is -0.398 e. The van der Waals surface area contributed by atoms with Gasteiger partial charge in [-0.25, -0.2) is 8.42 Å². The second-order valence-electron chi connectivity index (χ2n) is 4.65. The highest BCUT2D eigenvalue weighted by atomic mass is 32.2. The van der Waals surface area contributed by atoms with Crippen LogP contribution in [0.1, 0.15) is 25.8 Å². The highest BCUT2D eigenvalue weighted by molar-refractivity contribution is 7.89. The molecule has 0 saturated heterocycles. The van der Waals surface area contributed by atoms with E-state index in [1.165, 1.54) is 22.5 Å². The number of aliphatic hydroxyl groups is 1. The maximum Gasteiger partial charge on any atom is 0.245 e. The number of nitriles is 1. The number of nitrogens with two attached hydrogens (primary N) is 1. The molecular formula is C13H19N3O3S. The molecule has 1 aromatic rings. The number of hydrogen-bond acceptors (Lipinski definition) is 5. The summed E-state index contributed by atoms with van der Waals surface area (Å²) in [6.45, 7) is 3.65. The fraction of sp³-hybridized carbons (Fsp3) is 0.462. The van der Waals surface area contributed by atoms with Crippen molar-refractivity contribution >= 4 is 15.7 Å². The van der Waals surface area contributed by atoms with Crippen molar-refractivity contribution in [3.05, 3.63) is 23.8 Å². The molecule has 0 aliphatic rings. The standard InChI is InChI=1S/C13H19N3O3S/c1-10(2)16(6-3-7-17)20(18,19)13-5-4-11(9-14)8-12(13)15/h4-5,8,10,17H,3,6-7,15H2,1-2H3. The van der Waals surface area contributed by atoms with Gasteiger partial charge < -0.3 is 10.8 Å². The molecule has 0 radical (unpaired) electrons. The fourth-order valence-corrected chi connectivity index (χ4v) is 3.64. The van der Waals surface area contributed by atoms with E-state index in [1.807, 2.05) is 6.07 Å². The highest BCUT2D eigenvalue weighted by Gasteiger charge is 2.28. The first-order chi connectivity index (χ1) is 9.34. The molecule has 20 heavy (non-hydrogen) atoms.